The molecule has 1 aromatic carbocycles. The van der Waals surface area contributed by atoms with Crippen molar-refractivity contribution in [1.29, 1.82) is 0 Å². The molecule has 2 rings (SSSR count). The highest BCUT2D eigenvalue weighted by Crippen LogP contribution is 2.42. The Hall–Kier alpha value is -0.740. The van der Waals surface area contributed by atoms with Crippen LogP contribution in [-0.4, -0.2) is 18.5 Å². The fraction of sp³-hybridized carbons (Fsp3) is 0.588. The van der Waals surface area contributed by atoms with Crippen LogP contribution in [0, 0.1) is 0 Å². The number of guanidine groups is 1. The topological polar surface area (TPSA) is 50.4 Å². The molecule has 3 nitrogen and oxygen atoms in total. The van der Waals surface area contributed by atoms with E-state index in [1.54, 1.807) is 0 Å². The largest absolute Gasteiger partial charge is 0.370 e. The summed E-state index contributed by atoms with van der Waals surface area (Å²) < 4.78 is 0. The molecule has 1 atom stereocenters. The molecule has 1 aliphatic rings. The van der Waals surface area contributed by atoms with Crippen molar-refractivity contribution in [3.8, 4) is 0 Å². The van der Waals surface area contributed by atoms with Gasteiger partial charge in [0.2, 0.25) is 0 Å². The number of halogens is 2. The minimum atomic E-state index is 0. The summed E-state index contributed by atoms with van der Waals surface area (Å²) in [5.74, 6) is 0.553. The van der Waals surface area contributed by atoms with Gasteiger partial charge in [0.1, 0.15) is 0 Å². The lowest BCUT2D eigenvalue weighted by Crippen LogP contribution is -2.39. The summed E-state index contributed by atoms with van der Waals surface area (Å²) in [7, 11) is 0. The molecule has 1 saturated carbocycles. The second-order valence-electron chi connectivity index (χ2n) is 6.15. The van der Waals surface area contributed by atoms with Crippen LogP contribution in [-0.2, 0) is 5.41 Å². The smallest absolute Gasteiger partial charge is 0.188 e. The van der Waals surface area contributed by atoms with Crippen LogP contribution in [0.4, 0.5) is 0 Å². The highest BCUT2D eigenvalue weighted by atomic mass is 79.9. The van der Waals surface area contributed by atoms with Crippen molar-refractivity contribution < 1.29 is 0 Å². The molecular weight excluding hydrogens is 362 g/mol. The molecule has 0 aliphatic heterocycles. The number of hydrogen-bond acceptors (Lipinski definition) is 1. The molecule has 1 unspecified atom stereocenters. The summed E-state index contributed by atoms with van der Waals surface area (Å²) in [6.45, 7) is 4.99. The van der Waals surface area contributed by atoms with Gasteiger partial charge in [0.05, 0.1) is 6.54 Å². The van der Waals surface area contributed by atoms with Gasteiger partial charge in [0.25, 0.3) is 0 Å². The molecule has 0 aromatic heterocycles. The highest BCUT2D eigenvalue weighted by Gasteiger charge is 2.35. The average Bonchev–Trinajstić information content (AvgIpc) is 2.95. The second kappa shape index (κ2) is 8.78. The van der Waals surface area contributed by atoms with Crippen LogP contribution in [0.25, 0.3) is 0 Å². The number of benzene rings is 1. The van der Waals surface area contributed by atoms with E-state index in [1.165, 1.54) is 18.4 Å². The number of aliphatic imine (C=N–C) groups is 1. The Morgan fingerprint density at radius 2 is 2.09 bits per heavy atom. The van der Waals surface area contributed by atoms with Gasteiger partial charge in [-0.1, -0.05) is 43.5 Å². The molecule has 1 aromatic rings. The van der Waals surface area contributed by atoms with E-state index in [0.29, 0.717) is 12.0 Å². The molecule has 1 aliphatic carbocycles. The monoisotopic (exact) mass is 387 g/mol. The van der Waals surface area contributed by atoms with Gasteiger partial charge in [-0.3, -0.25) is 4.99 Å². The second-order valence-corrected chi connectivity index (χ2v) is 6.59. The molecule has 22 heavy (non-hydrogen) atoms. The van der Waals surface area contributed by atoms with Crippen LogP contribution in [0.15, 0.2) is 29.3 Å². The van der Waals surface area contributed by atoms with Gasteiger partial charge >= 0.3 is 0 Å². The van der Waals surface area contributed by atoms with Crippen molar-refractivity contribution in [3.05, 3.63) is 34.9 Å². The predicted octanol–water partition coefficient (Wildman–Crippen LogP) is 4.43. The van der Waals surface area contributed by atoms with Gasteiger partial charge in [0, 0.05) is 16.5 Å². The molecular formula is C17H27BrClN3. The first-order chi connectivity index (χ1) is 10.1. The van der Waals surface area contributed by atoms with Gasteiger partial charge in [-0.25, -0.2) is 0 Å². The van der Waals surface area contributed by atoms with E-state index >= 15 is 0 Å². The summed E-state index contributed by atoms with van der Waals surface area (Å²) in [4.78, 5) is 4.61. The van der Waals surface area contributed by atoms with Crippen molar-refractivity contribution in [3.63, 3.8) is 0 Å². The molecule has 5 heteroatoms. The molecule has 0 bridgehead atoms. The van der Waals surface area contributed by atoms with Crippen LogP contribution < -0.4 is 11.1 Å². The van der Waals surface area contributed by atoms with Crippen LogP contribution in [0.1, 0.15) is 51.5 Å². The lowest BCUT2D eigenvalue weighted by atomic mass is 9.79. The Morgan fingerprint density at radius 1 is 1.41 bits per heavy atom. The van der Waals surface area contributed by atoms with Gasteiger partial charge < -0.3 is 11.1 Å². The zero-order valence-corrected chi connectivity index (χ0v) is 15.9. The van der Waals surface area contributed by atoms with Crippen molar-refractivity contribution in [1.82, 2.24) is 5.32 Å². The van der Waals surface area contributed by atoms with Crippen molar-refractivity contribution >= 4 is 34.5 Å². The first kappa shape index (κ1) is 19.3. The predicted molar refractivity (Wildman–Crippen MR) is 101 cm³/mol. The van der Waals surface area contributed by atoms with Crippen LogP contribution >= 0.6 is 28.6 Å². The quantitative estimate of drug-likeness (QED) is 0.579. The standard InChI is InChI=1S/C17H26ClN3.BrH/c1-3-13(2)21-16(19)20-12-17(9-4-5-10-17)14-7-6-8-15(18)11-14;/h6-8,11,13H,3-5,9-10,12H2,1-2H3,(H3,19,20,21);1H. The molecule has 3 N–H and O–H groups in total. The number of nitrogens with one attached hydrogen (secondary N) is 1. The van der Waals surface area contributed by atoms with Gasteiger partial charge in [-0.15, -0.1) is 17.0 Å². The molecule has 1 fully saturated rings. The highest BCUT2D eigenvalue weighted by molar-refractivity contribution is 8.93. The fourth-order valence-electron chi connectivity index (χ4n) is 3.04. The third-order valence-electron chi connectivity index (χ3n) is 4.56. The number of hydrogen-bond donors (Lipinski definition) is 2. The Kier molecular flexibility index (Phi) is 7.70. The van der Waals surface area contributed by atoms with Gasteiger partial charge in [-0.05, 0) is 43.9 Å². The number of nitrogens with zero attached hydrogens (tertiary/aromatic N) is 1. The molecule has 0 radical (unpaired) electrons. The first-order valence-electron chi connectivity index (χ1n) is 7.88. The van der Waals surface area contributed by atoms with Crippen molar-refractivity contribution in [2.24, 2.45) is 10.7 Å². The fourth-order valence-corrected chi connectivity index (χ4v) is 3.24. The Labute approximate surface area is 149 Å². The van der Waals surface area contributed by atoms with E-state index in [9.17, 15) is 0 Å². The summed E-state index contributed by atoms with van der Waals surface area (Å²) >= 11 is 6.16. The van der Waals surface area contributed by atoms with Crippen molar-refractivity contribution in [2.75, 3.05) is 6.54 Å². The van der Waals surface area contributed by atoms with E-state index in [4.69, 9.17) is 17.3 Å². The third-order valence-corrected chi connectivity index (χ3v) is 4.79. The van der Waals surface area contributed by atoms with E-state index in [-0.39, 0.29) is 22.4 Å². The van der Waals surface area contributed by atoms with E-state index in [2.05, 4.69) is 36.3 Å². The minimum absolute atomic E-state index is 0. The molecule has 124 valence electrons. The SMILES string of the molecule is Br.CCC(C)NC(N)=NCC1(c2cccc(Cl)c2)CCCC1. The number of nitrogens with two attached hydrogens (primary N) is 1. The maximum absolute atomic E-state index is 6.16. The van der Waals surface area contributed by atoms with Gasteiger partial charge in [-0.2, -0.15) is 0 Å². The molecule has 0 heterocycles. The Balaban J connectivity index is 0.00000242. The average molecular weight is 389 g/mol. The zero-order valence-electron chi connectivity index (χ0n) is 13.4. The normalized spacial score (nSPS) is 18.6. The first-order valence-corrected chi connectivity index (χ1v) is 8.26. The van der Waals surface area contributed by atoms with E-state index in [1.807, 2.05) is 12.1 Å². The Bertz CT molecular complexity index is 498. The lowest BCUT2D eigenvalue weighted by Gasteiger charge is -2.28. The van der Waals surface area contributed by atoms with E-state index < -0.39 is 0 Å². The maximum Gasteiger partial charge on any atom is 0.188 e. The zero-order chi connectivity index (χ0) is 15.3. The molecule has 0 spiro atoms. The maximum atomic E-state index is 6.16. The molecule has 0 amide bonds. The third kappa shape index (κ3) is 4.88. The van der Waals surface area contributed by atoms with Gasteiger partial charge in [0.15, 0.2) is 5.96 Å². The Morgan fingerprint density at radius 3 is 2.68 bits per heavy atom. The van der Waals surface area contributed by atoms with Crippen LogP contribution in [0.5, 0.6) is 0 Å². The van der Waals surface area contributed by atoms with E-state index in [0.717, 1.165) is 30.8 Å². The minimum Gasteiger partial charge on any atom is -0.370 e. The molecule has 0 saturated heterocycles. The summed E-state index contributed by atoms with van der Waals surface area (Å²) in [5.41, 5.74) is 7.41. The summed E-state index contributed by atoms with van der Waals surface area (Å²) in [5, 5.41) is 4.03. The van der Waals surface area contributed by atoms with Crippen LogP contribution in [0.2, 0.25) is 5.02 Å². The number of rotatable bonds is 5. The van der Waals surface area contributed by atoms with Crippen LogP contribution in [0.3, 0.4) is 0 Å². The summed E-state index contributed by atoms with van der Waals surface area (Å²) in [6.07, 6.45) is 5.86. The lowest BCUT2D eigenvalue weighted by molar-refractivity contribution is 0.452. The summed E-state index contributed by atoms with van der Waals surface area (Å²) in [6, 6.07) is 8.57. The van der Waals surface area contributed by atoms with Crippen molar-refractivity contribution in [2.45, 2.75) is 57.4 Å².